The zero-order valence-corrected chi connectivity index (χ0v) is 16.3. The summed E-state index contributed by atoms with van der Waals surface area (Å²) >= 11 is 0. The molecular weight excluding hydrogens is 348 g/mol. The highest BCUT2D eigenvalue weighted by molar-refractivity contribution is 5.80. The number of imidazole rings is 1. The number of carbonyl (C=O) groups is 1. The van der Waals surface area contributed by atoms with E-state index in [2.05, 4.69) is 63.7 Å². The van der Waals surface area contributed by atoms with Gasteiger partial charge in [-0.1, -0.05) is 24.3 Å². The Hall–Kier alpha value is -2.82. The van der Waals surface area contributed by atoms with E-state index >= 15 is 0 Å². The molecule has 2 aliphatic rings. The van der Waals surface area contributed by atoms with Crippen LogP contribution in [-0.4, -0.2) is 46.4 Å². The molecule has 5 heteroatoms. The molecule has 3 aromatic rings. The Morgan fingerprint density at radius 1 is 1.04 bits per heavy atom. The zero-order chi connectivity index (χ0) is 19.1. The van der Waals surface area contributed by atoms with E-state index in [1.54, 1.807) is 0 Å². The molecule has 1 atom stereocenters. The Kier molecular flexibility index (Phi) is 4.30. The minimum atomic E-state index is 0.0798. The third kappa shape index (κ3) is 3.05. The van der Waals surface area contributed by atoms with Gasteiger partial charge in [0, 0.05) is 56.1 Å². The molecule has 144 valence electrons. The van der Waals surface area contributed by atoms with Crippen LogP contribution in [0.5, 0.6) is 0 Å². The predicted molar refractivity (Wildman–Crippen MR) is 111 cm³/mol. The molecule has 1 unspecified atom stereocenters. The van der Waals surface area contributed by atoms with Gasteiger partial charge in [-0.25, -0.2) is 4.98 Å². The molecule has 1 saturated heterocycles. The van der Waals surface area contributed by atoms with E-state index in [-0.39, 0.29) is 5.92 Å². The van der Waals surface area contributed by atoms with Crippen molar-refractivity contribution >= 4 is 17.2 Å². The highest BCUT2D eigenvalue weighted by atomic mass is 16.2. The second-order valence-electron chi connectivity index (χ2n) is 8.03. The first kappa shape index (κ1) is 17.3. The number of fused-ring (bicyclic) bond motifs is 3. The van der Waals surface area contributed by atoms with Gasteiger partial charge in [-0.15, -0.1) is 0 Å². The molecule has 1 aliphatic carbocycles. The molecule has 28 heavy (non-hydrogen) atoms. The lowest BCUT2D eigenvalue weighted by atomic mass is 9.88. The monoisotopic (exact) mass is 374 g/mol. The molecule has 2 aromatic heterocycles. The van der Waals surface area contributed by atoms with Gasteiger partial charge in [0.1, 0.15) is 5.65 Å². The molecule has 1 aromatic carbocycles. The topological polar surface area (TPSA) is 40.9 Å². The van der Waals surface area contributed by atoms with E-state index in [9.17, 15) is 4.79 Å². The van der Waals surface area contributed by atoms with Crippen LogP contribution in [0.15, 0.2) is 48.7 Å². The molecule has 5 rings (SSSR count). The highest BCUT2D eigenvalue weighted by Gasteiger charge is 2.32. The maximum atomic E-state index is 13.2. The van der Waals surface area contributed by atoms with Gasteiger partial charge in [-0.05, 0) is 43.5 Å². The summed E-state index contributed by atoms with van der Waals surface area (Å²) in [4.78, 5) is 22.4. The van der Waals surface area contributed by atoms with Crippen molar-refractivity contribution in [1.29, 1.82) is 0 Å². The number of hydrogen-bond acceptors (Lipinski definition) is 3. The van der Waals surface area contributed by atoms with Crippen LogP contribution in [-0.2, 0) is 17.6 Å². The summed E-state index contributed by atoms with van der Waals surface area (Å²) in [7, 11) is 0. The van der Waals surface area contributed by atoms with Gasteiger partial charge >= 0.3 is 0 Å². The number of hydrogen-bond donors (Lipinski definition) is 0. The predicted octanol–water partition coefficient (Wildman–Crippen LogP) is 3.10. The molecule has 3 heterocycles. The van der Waals surface area contributed by atoms with Crippen molar-refractivity contribution in [2.75, 3.05) is 31.1 Å². The van der Waals surface area contributed by atoms with Crippen LogP contribution in [0.2, 0.25) is 0 Å². The van der Waals surface area contributed by atoms with E-state index in [4.69, 9.17) is 4.98 Å². The van der Waals surface area contributed by atoms with Gasteiger partial charge in [-0.3, -0.25) is 4.79 Å². The number of carbonyl (C=O) groups excluding carboxylic acids is 1. The molecule has 0 saturated carbocycles. The number of piperazine rings is 1. The minimum absolute atomic E-state index is 0.0798. The van der Waals surface area contributed by atoms with Gasteiger partial charge in [0.2, 0.25) is 5.91 Å². The van der Waals surface area contributed by atoms with E-state index in [1.165, 1.54) is 22.6 Å². The van der Waals surface area contributed by atoms with E-state index in [1.807, 2.05) is 6.07 Å². The van der Waals surface area contributed by atoms with Crippen molar-refractivity contribution < 1.29 is 4.79 Å². The first-order valence-corrected chi connectivity index (χ1v) is 10.2. The summed E-state index contributed by atoms with van der Waals surface area (Å²) < 4.78 is 2.19. The maximum absolute atomic E-state index is 13.2. The Bertz CT molecular complexity index is 1000. The lowest BCUT2D eigenvalue weighted by Gasteiger charge is -2.38. The minimum Gasteiger partial charge on any atom is -0.368 e. The van der Waals surface area contributed by atoms with Gasteiger partial charge in [0.05, 0.1) is 5.69 Å². The molecule has 1 aliphatic heterocycles. The van der Waals surface area contributed by atoms with Crippen molar-refractivity contribution in [2.24, 2.45) is 5.92 Å². The number of pyridine rings is 1. The largest absolute Gasteiger partial charge is 0.368 e. The zero-order valence-electron chi connectivity index (χ0n) is 16.3. The fraction of sp³-hybridized carbons (Fsp3) is 0.391. The summed E-state index contributed by atoms with van der Waals surface area (Å²) in [6.07, 6.45) is 4.76. The standard InChI is InChI=1S/C23H26N4O/c1-17-7-10-22-24-20-9-8-18(15-21(20)27(22)16-17)23(28)26-13-11-25(12-14-26)19-5-3-2-4-6-19/h2-7,10,16,18H,8-9,11-15H2,1H3. The Morgan fingerprint density at radius 3 is 2.61 bits per heavy atom. The number of aromatic nitrogens is 2. The fourth-order valence-electron chi connectivity index (χ4n) is 4.60. The van der Waals surface area contributed by atoms with Crippen LogP contribution in [0.25, 0.3) is 5.65 Å². The number of anilines is 1. The van der Waals surface area contributed by atoms with Crippen LogP contribution in [0.1, 0.15) is 23.4 Å². The maximum Gasteiger partial charge on any atom is 0.226 e. The average molecular weight is 374 g/mol. The summed E-state index contributed by atoms with van der Waals surface area (Å²) in [5.41, 5.74) is 5.87. The lowest BCUT2D eigenvalue weighted by Crippen LogP contribution is -2.51. The fourth-order valence-corrected chi connectivity index (χ4v) is 4.60. The molecule has 0 bridgehead atoms. The van der Waals surface area contributed by atoms with Crippen molar-refractivity contribution in [1.82, 2.24) is 14.3 Å². The van der Waals surface area contributed by atoms with Crippen molar-refractivity contribution in [3.8, 4) is 0 Å². The van der Waals surface area contributed by atoms with Crippen LogP contribution < -0.4 is 4.90 Å². The summed E-state index contributed by atoms with van der Waals surface area (Å²) in [5.74, 6) is 0.400. The summed E-state index contributed by atoms with van der Waals surface area (Å²) in [6.45, 7) is 5.53. The molecular formula is C23H26N4O. The smallest absolute Gasteiger partial charge is 0.226 e. The number of nitrogens with zero attached hydrogens (tertiary/aromatic N) is 4. The summed E-state index contributed by atoms with van der Waals surface area (Å²) in [6, 6.07) is 14.7. The summed E-state index contributed by atoms with van der Waals surface area (Å²) in [5, 5.41) is 0. The van der Waals surface area contributed by atoms with E-state index in [0.29, 0.717) is 5.91 Å². The number of aryl methyl sites for hydroxylation is 2. The molecule has 5 nitrogen and oxygen atoms in total. The Labute approximate surface area is 165 Å². The van der Waals surface area contributed by atoms with Crippen LogP contribution in [0.3, 0.4) is 0 Å². The Morgan fingerprint density at radius 2 is 1.82 bits per heavy atom. The third-order valence-corrected chi connectivity index (χ3v) is 6.18. The second kappa shape index (κ2) is 6.97. The highest BCUT2D eigenvalue weighted by Crippen LogP contribution is 2.28. The van der Waals surface area contributed by atoms with Crippen molar-refractivity contribution in [3.63, 3.8) is 0 Å². The number of rotatable bonds is 2. The molecule has 0 radical (unpaired) electrons. The molecule has 1 amide bonds. The second-order valence-corrected chi connectivity index (χ2v) is 8.03. The molecule has 1 fully saturated rings. The van der Waals surface area contributed by atoms with Crippen LogP contribution in [0.4, 0.5) is 5.69 Å². The normalized spacial score (nSPS) is 19.7. The van der Waals surface area contributed by atoms with Gasteiger partial charge < -0.3 is 14.2 Å². The van der Waals surface area contributed by atoms with Gasteiger partial charge in [-0.2, -0.15) is 0 Å². The van der Waals surface area contributed by atoms with Gasteiger partial charge in [0.15, 0.2) is 0 Å². The average Bonchev–Trinajstić information content (AvgIpc) is 3.11. The van der Waals surface area contributed by atoms with E-state index < -0.39 is 0 Å². The Balaban J connectivity index is 1.28. The number of benzene rings is 1. The quantitative estimate of drug-likeness (QED) is 0.692. The van der Waals surface area contributed by atoms with Crippen molar-refractivity contribution in [2.45, 2.75) is 26.2 Å². The number of amides is 1. The number of para-hydroxylation sites is 1. The van der Waals surface area contributed by atoms with Crippen LogP contribution in [0, 0.1) is 12.8 Å². The molecule has 0 N–H and O–H groups in total. The van der Waals surface area contributed by atoms with Crippen LogP contribution >= 0.6 is 0 Å². The SMILES string of the molecule is Cc1ccc2nc3c(n2c1)CC(C(=O)N1CCN(c2ccccc2)CC1)CC3. The van der Waals surface area contributed by atoms with Crippen molar-refractivity contribution in [3.05, 3.63) is 65.6 Å². The lowest BCUT2D eigenvalue weighted by molar-refractivity contribution is -0.136. The molecule has 0 spiro atoms. The first-order chi connectivity index (χ1) is 13.7. The first-order valence-electron chi connectivity index (χ1n) is 10.2. The third-order valence-electron chi connectivity index (χ3n) is 6.18. The van der Waals surface area contributed by atoms with E-state index in [0.717, 1.165) is 51.1 Å². The van der Waals surface area contributed by atoms with Gasteiger partial charge in [0.25, 0.3) is 0 Å².